The minimum atomic E-state index is -0.463. The molecule has 2 aliphatic heterocycles. The second-order valence-electron chi connectivity index (χ2n) is 7.16. The molecule has 0 amide bonds. The SMILES string of the molecule is CC(C)NC1=C(C=N)OC2(CCN(CC3=C=C=CC=C3)CC2)CC1=O. The second kappa shape index (κ2) is 7.28. The van der Waals surface area contributed by atoms with Gasteiger partial charge in [0.15, 0.2) is 11.5 Å². The third-order valence-electron chi connectivity index (χ3n) is 4.77. The maximum absolute atomic E-state index is 12.6. The van der Waals surface area contributed by atoms with Gasteiger partial charge in [-0.3, -0.25) is 9.69 Å². The Labute approximate surface area is 148 Å². The molecule has 0 aromatic rings. The maximum Gasteiger partial charge on any atom is 0.186 e. The molecule has 5 heteroatoms. The molecule has 0 radical (unpaired) electrons. The number of hydrogen-bond acceptors (Lipinski definition) is 5. The van der Waals surface area contributed by atoms with Crippen LogP contribution in [-0.2, 0) is 9.53 Å². The Morgan fingerprint density at radius 1 is 1.44 bits per heavy atom. The van der Waals surface area contributed by atoms with Gasteiger partial charge in [0.25, 0.3) is 0 Å². The average Bonchev–Trinajstić information content (AvgIpc) is 2.60. The van der Waals surface area contributed by atoms with E-state index in [9.17, 15) is 4.79 Å². The van der Waals surface area contributed by atoms with Crippen LogP contribution in [0.15, 0.2) is 46.7 Å². The fourth-order valence-corrected chi connectivity index (χ4v) is 3.50. The topological polar surface area (TPSA) is 65.4 Å². The minimum Gasteiger partial charge on any atom is -0.483 e. The second-order valence-corrected chi connectivity index (χ2v) is 7.16. The van der Waals surface area contributed by atoms with Crippen molar-refractivity contribution in [2.75, 3.05) is 19.6 Å². The Balaban J connectivity index is 1.67. The summed E-state index contributed by atoms with van der Waals surface area (Å²) < 4.78 is 6.16. The summed E-state index contributed by atoms with van der Waals surface area (Å²) >= 11 is 0. The van der Waals surface area contributed by atoms with Crippen molar-refractivity contribution in [1.82, 2.24) is 10.2 Å². The first kappa shape index (κ1) is 17.5. The third kappa shape index (κ3) is 4.02. The summed E-state index contributed by atoms with van der Waals surface area (Å²) in [5.74, 6) is 0.433. The molecule has 2 heterocycles. The fraction of sp³-hybridized carbons (Fsp3) is 0.500. The Bertz CT molecular complexity index is 724. The van der Waals surface area contributed by atoms with E-state index in [0.717, 1.165) is 44.3 Å². The normalized spacial score (nSPS) is 22.4. The lowest BCUT2D eigenvalue weighted by Crippen LogP contribution is -2.51. The van der Waals surface area contributed by atoms with E-state index in [1.807, 2.05) is 26.0 Å². The van der Waals surface area contributed by atoms with E-state index >= 15 is 0 Å². The number of nitrogens with zero attached hydrogens (tertiary/aromatic N) is 1. The van der Waals surface area contributed by atoms with Crippen LogP contribution in [0.1, 0.15) is 33.1 Å². The van der Waals surface area contributed by atoms with Gasteiger partial charge in [0.2, 0.25) is 0 Å². The van der Waals surface area contributed by atoms with Crippen molar-refractivity contribution in [3.63, 3.8) is 0 Å². The highest BCUT2D eigenvalue weighted by atomic mass is 16.5. The molecule has 0 aromatic carbocycles. The van der Waals surface area contributed by atoms with Crippen LogP contribution in [0.5, 0.6) is 0 Å². The Hall–Kier alpha value is -2.32. The number of rotatable bonds is 5. The predicted octanol–water partition coefficient (Wildman–Crippen LogP) is 2.48. The molecule has 2 N–H and O–H groups in total. The smallest absolute Gasteiger partial charge is 0.186 e. The fourth-order valence-electron chi connectivity index (χ4n) is 3.50. The quantitative estimate of drug-likeness (QED) is 0.597. The molecule has 5 nitrogen and oxygen atoms in total. The molecule has 1 aliphatic carbocycles. The number of carbonyl (C=O) groups is 1. The van der Waals surface area contributed by atoms with E-state index < -0.39 is 5.60 Å². The Kier molecular flexibility index (Phi) is 5.10. The zero-order chi connectivity index (χ0) is 17.9. The summed E-state index contributed by atoms with van der Waals surface area (Å²) in [6.07, 6.45) is 9.02. The Morgan fingerprint density at radius 3 is 2.80 bits per heavy atom. The summed E-state index contributed by atoms with van der Waals surface area (Å²) in [7, 11) is 0. The number of piperidine rings is 1. The van der Waals surface area contributed by atoms with Crippen molar-refractivity contribution in [3.05, 3.63) is 46.7 Å². The van der Waals surface area contributed by atoms with Crippen molar-refractivity contribution in [1.29, 1.82) is 5.41 Å². The van der Waals surface area contributed by atoms with Crippen molar-refractivity contribution in [2.24, 2.45) is 0 Å². The van der Waals surface area contributed by atoms with Gasteiger partial charge in [-0.15, -0.1) is 0 Å². The van der Waals surface area contributed by atoms with Crippen LogP contribution in [0.2, 0.25) is 0 Å². The monoisotopic (exact) mass is 339 g/mol. The number of nitrogens with one attached hydrogen (secondary N) is 2. The summed E-state index contributed by atoms with van der Waals surface area (Å²) in [6, 6.07) is 0.132. The zero-order valence-electron chi connectivity index (χ0n) is 14.9. The number of allylic oxidation sites excluding steroid dienone is 4. The molecule has 0 atom stereocenters. The van der Waals surface area contributed by atoms with Crippen LogP contribution in [0.4, 0.5) is 0 Å². The summed E-state index contributed by atoms with van der Waals surface area (Å²) in [6.45, 7) is 6.53. The highest BCUT2D eigenvalue weighted by molar-refractivity contribution is 6.01. The first-order chi connectivity index (χ1) is 12.0. The Morgan fingerprint density at radius 2 is 2.20 bits per heavy atom. The largest absolute Gasteiger partial charge is 0.483 e. The third-order valence-corrected chi connectivity index (χ3v) is 4.77. The summed E-state index contributed by atoms with van der Waals surface area (Å²) in [4.78, 5) is 15.0. The van der Waals surface area contributed by atoms with Crippen LogP contribution in [0.3, 0.4) is 0 Å². The van der Waals surface area contributed by atoms with Gasteiger partial charge in [0, 0.05) is 44.1 Å². The molecule has 25 heavy (non-hydrogen) atoms. The number of hydrogen-bond donors (Lipinski definition) is 2. The molecular weight excluding hydrogens is 314 g/mol. The zero-order valence-corrected chi connectivity index (χ0v) is 14.9. The van der Waals surface area contributed by atoms with E-state index in [2.05, 4.69) is 27.8 Å². The van der Waals surface area contributed by atoms with Crippen molar-refractivity contribution < 1.29 is 9.53 Å². The highest BCUT2D eigenvalue weighted by Crippen LogP contribution is 2.37. The number of ketones is 1. The summed E-state index contributed by atoms with van der Waals surface area (Å²) in [5, 5.41) is 10.8. The molecular formula is C20H25N3O2. The van der Waals surface area contributed by atoms with Crippen molar-refractivity contribution in [2.45, 2.75) is 44.8 Å². The standard InChI is InChI=1S/C20H25N3O2/c1-15(2)22-19-17(24)12-20(25-18(19)13-21)8-10-23(11-9-20)14-16-6-4-3-5-7-16/h3-4,6,13,15,21-22H,8-12,14H2,1-2H3. The highest BCUT2D eigenvalue weighted by Gasteiger charge is 2.43. The van der Waals surface area contributed by atoms with E-state index in [0.29, 0.717) is 17.9 Å². The number of carbonyl (C=O) groups excluding carboxylic acids is 1. The molecule has 0 bridgehead atoms. The van der Waals surface area contributed by atoms with Crippen LogP contribution < -0.4 is 5.32 Å². The van der Waals surface area contributed by atoms with E-state index in [1.54, 1.807) is 0 Å². The molecule has 3 aliphatic rings. The van der Waals surface area contributed by atoms with Crippen LogP contribution in [0.25, 0.3) is 0 Å². The lowest BCUT2D eigenvalue weighted by Gasteiger charge is -2.44. The first-order valence-corrected chi connectivity index (χ1v) is 8.84. The molecule has 3 rings (SSSR count). The van der Waals surface area contributed by atoms with Gasteiger partial charge in [0.05, 0.1) is 12.6 Å². The first-order valence-electron chi connectivity index (χ1n) is 8.84. The number of Topliss-reactive ketones (excluding diaryl/α,β-unsaturated/α-hetero) is 1. The molecule has 0 unspecified atom stereocenters. The minimum absolute atomic E-state index is 0.0536. The molecule has 1 spiro atoms. The van der Waals surface area contributed by atoms with Crippen LogP contribution in [0, 0.1) is 5.41 Å². The van der Waals surface area contributed by atoms with Crippen molar-refractivity contribution >= 4 is 12.0 Å². The number of ether oxygens (including phenoxy) is 1. The average molecular weight is 339 g/mol. The lowest BCUT2D eigenvalue weighted by molar-refractivity contribution is -0.128. The van der Waals surface area contributed by atoms with Gasteiger partial charge < -0.3 is 15.5 Å². The van der Waals surface area contributed by atoms with Gasteiger partial charge in [-0.1, -0.05) is 17.5 Å². The molecule has 0 saturated carbocycles. The van der Waals surface area contributed by atoms with Gasteiger partial charge in [0.1, 0.15) is 11.3 Å². The van der Waals surface area contributed by atoms with E-state index in [4.69, 9.17) is 10.1 Å². The van der Waals surface area contributed by atoms with Crippen LogP contribution >= 0.6 is 0 Å². The van der Waals surface area contributed by atoms with Crippen LogP contribution in [-0.4, -0.2) is 48.2 Å². The summed E-state index contributed by atoms with van der Waals surface area (Å²) in [5.41, 5.74) is 7.24. The number of likely N-dealkylation sites (tertiary alicyclic amines) is 1. The van der Waals surface area contributed by atoms with Gasteiger partial charge in [-0.2, -0.15) is 0 Å². The molecule has 0 aromatic heterocycles. The molecule has 1 saturated heterocycles. The van der Waals surface area contributed by atoms with Crippen molar-refractivity contribution in [3.8, 4) is 0 Å². The van der Waals surface area contributed by atoms with Gasteiger partial charge >= 0.3 is 0 Å². The predicted molar refractivity (Wildman–Crippen MR) is 97.4 cm³/mol. The van der Waals surface area contributed by atoms with E-state index in [1.165, 1.54) is 0 Å². The molecule has 1 fully saturated rings. The molecule has 132 valence electrons. The van der Waals surface area contributed by atoms with Gasteiger partial charge in [-0.25, -0.2) is 0 Å². The van der Waals surface area contributed by atoms with Gasteiger partial charge in [-0.05, 0) is 26.0 Å². The lowest BCUT2D eigenvalue weighted by atomic mass is 9.83. The van der Waals surface area contributed by atoms with E-state index in [-0.39, 0.29) is 11.8 Å². The maximum atomic E-state index is 12.6.